The van der Waals surface area contributed by atoms with Gasteiger partial charge in [0.05, 0.1) is 6.04 Å². The number of alkyl carbamates (subject to hydrolysis) is 1. The lowest BCUT2D eigenvalue weighted by Gasteiger charge is -2.37. The fraction of sp³-hybridized carbons (Fsp3) is 0.875. The number of hydrogen-bond donors (Lipinski definition) is 1. The molecule has 1 saturated heterocycles. The van der Waals surface area contributed by atoms with Crippen molar-refractivity contribution in [2.75, 3.05) is 0 Å². The van der Waals surface area contributed by atoms with Crippen LogP contribution in [0.1, 0.15) is 25.7 Å². The molecule has 80 valence electrons. The van der Waals surface area contributed by atoms with E-state index in [0.717, 1.165) is 0 Å². The summed E-state index contributed by atoms with van der Waals surface area (Å²) in [5.41, 5.74) is -2.26. The molecule has 0 unspecified atom stereocenters. The number of fused-ring (bicyclic) bond motifs is 1. The molecule has 1 heterocycles. The van der Waals surface area contributed by atoms with Gasteiger partial charge in [-0.15, -0.1) is 0 Å². The largest absolute Gasteiger partial charge is 0.431 e. The van der Waals surface area contributed by atoms with Crippen molar-refractivity contribution < 1.29 is 22.7 Å². The van der Waals surface area contributed by atoms with Crippen LogP contribution in [0.5, 0.6) is 0 Å². The molecule has 1 amide bonds. The average Bonchev–Trinajstić information content (AvgIpc) is 2.40. The van der Waals surface area contributed by atoms with Crippen molar-refractivity contribution in [1.82, 2.24) is 5.32 Å². The number of alkyl halides is 3. The maximum Gasteiger partial charge on any atom is 0.430 e. The van der Waals surface area contributed by atoms with Gasteiger partial charge in [0.1, 0.15) is 0 Å². The SMILES string of the molecule is O=C1N[C@@H]2CCCC[C@]2(C(F)(F)F)O1. The highest BCUT2D eigenvalue weighted by atomic mass is 19.4. The van der Waals surface area contributed by atoms with E-state index in [1.807, 2.05) is 0 Å². The molecule has 2 fully saturated rings. The van der Waals surface area contributed by atoms with Crippen LogP contribution >= 0.6 is 0 Å². The number of carbonyl (C=O) groups excluding carboxylic acids is 1. The van der Waals surface area contributed by atoms with Crippen molar-refractivity contribution in [3.63, 3.8) is 0 Å². The van der Waals surface area contributed by atoms with Crippen molar-refractivity contribution in [2.45, 2.75) is 43.5 Å². The normalized spacial score (nSPS) is 37.4. The topological polar surface area (TPSA) is 38.3 Å². The van der Waals surface area contributed by atoms with Gasteiger partial charge >= 0.3 is 12.3 Å². The van der Waals surface area contributed by atoms with Crippen LogP contribution in [-0.2, 0) is 4.74 Å². The third-order valence-electron chi connectivity index (χ3n) is 2.90. The summed E-state index contributed by atoms with van der Waals surface area (Å²) in [5, 5.41) is 2.22. The van der Waals surface area contributed by atoms with Crippen LogP contribution in [-0.4, -0.2) is 23.9 Å². The third-order valence-corrected chi connectivity index (χ3v) is 2.90. The standard InChI is InChI=1S/C8H10F3NO2/c9-8(10,11)7-4-2-1-3-5(7)12-6(13)14-7/h5H,1-4H2,(H,12,13)/t5-,7+/m1/s1. The molecule has 1 aliphatic heterocycles. The fourth-order valence-corrected chi connectivity index (χ4v) is 2.19. The summed E-state index contributed by atoms with van der Waals surface area (Å²) >= 11 is 0. The number of halogens is 3. The second-order valence-electron chi connectivity index (χ2n) is 3.72. The summed E-state index contributed by atoms with van der Waals surface area (Å²) in [7, 11) is 0. The third kappa shape index (κ3) is 1.16. The summed E-state index contributed by atoms with van der Waals surface area (Å²) in [6.45, 7) is 0. The zero-order chi connectivity index (χ0) is 10.4. The van der Waals surface area contributed by atoms with Crippen molar-refractivity contribution in [1.29, 1.82) is 0 Å². The Bertz CT molecular complexity index is 266. The van der Waals surface area contributed by atoms with Gasteiger partial charge in [0.15, 0.2) is 0 Å². The average molecular weight is 209 g/mol. The van der Waals surface area contributed by atoms with Crippen LogP contribution in [0.3, 0.4) is 0 Å². The second-order valence-corrected chi connectivity index (χ2v) is 3.72. The highest BCUT2D eigenvalue weighted by Gasteiger charge is 2.66. The second kappa shape index (κ2) is 2.77. The van der Waals surface area contributed by atoms with Crippen LogP contribution in [0.2, 0.25) is 0 Å². The van der Waals surface area contributed by atoms with Gasteiger partial charge in [-0.1, -0.05) is 6.42 Å². The predicted molar refractivity (Wildman–Crippen MR) is 40.7 cm³/mol. The first-order valence-corrected chi connectivity index (χ1v) is 4.52. The minimum atomic E-state index is -4.47. The molecular weight excluding hydrogens is 199 g/mol. The van der Waals surface area contributed by atoms with E-state index in [4.69, 9.17) is 0 Å². The maximum absolute atomic E-state index is 12.7. The molecule has 1 saturated carbocycles. The summed E-state index contributed by atoms with van der Waals surface area (Å²) < 4.78 is 42.7. The number of hydrogen-bond acceptors (Lipinski definition) is 2. The van der Waals surface area contributed by atoms with E-state index in [-0.39, 0.29) is 6.42 Å². The number of rotatable bonds is 0. The molecule has 0 aromatic rings. The molecule has 0 aromatic carbocycles. The molecule has 2 aliphatic rings. The van der Waals surface area contributed by atoms with Crippen molar-refractivity contribution in [3.8, 4) is 0 Å². The zero-order valence-electron chi connectivity index (χ0n) is 7.36. The highest BCUT2D eigenvalue weighted by molar-refractivity contribution is 5.71. The highest BCUT2D eigenvalue weighted by Crippen LogP contribution is 2.46. The summed E-state index contributed by atoms with van der Waals surface area (Å²) in [6, 6.07) is -0.899. The van der Waals surface area contributed by atoms with Gasteiger partial charge in [-0.3, -0.25) is 0 Å². The van der Waals surface area contributed by atoms with E-state index in [9.17, 15) is 18.0 Å². The molecule has 0 bridgehead atoms. The Labute approximate surface area is 78.6 Å². The van der Waals surface area contributed by atoms with Crippen LogP contribution in [0.25, 0.3) is 0 Å². The van der Waals surface area contributed by atoms with Gasteiger partial charge in [0.25, 0.3) is 0 Å². The first-order chi connectivity index (χ1) is 6.46. The van der Waals surface area contributed by atoms with Gasteiger partial charge in [-0.2, -0.15) is 13.2 Å². The Morgan fingerprint density at radius 1 is 1.43 bits per heavy atom. The Morgan fingerprint density at radius 2 is 2.14 bits per heavy atom. The molecule has 3 nitrogen and oxygen atoms in total. The van der Waals surface area contributed by atoms with Crippen LogP contribution in [0.15, 0.2) is 0 Å². The van der Waals surface area contributed by atoms with Gasteiger partial charge in [-0.05, 0) is 19.3 Å². The predicted octanol–water partition coefficient (Wildman–Crippen LogP) is 1.97. The molecule has 0 aromatic heterocycles. The van der Waals surface area contributed by atoms with Gasteiger partial charge < -0.3 is 10.1 Å². The van der Waals surface area contributed by atoms with E-state index >= 15 is 0 Å². The van der Waals surface area contributed by atoms with E-state index in [1.54, 1.807) is 0 Å². The molecule has 0 radical (unpaired) electrons. The Kier molecular flexibility index (Phi) is 1.90. The molecule has 14 heavy (non-hydrogen) atoms. The molecule has 2 atom stereocenters. The fourth-order valence-electron chi connectivity index (χ4n) is 2.19. The van der Waals surface area contributed by atoms with E-state index < -0.39 is 23.9 Å². The lowest BCUT2D eigenvalue weighted by molar-refractivity contribution is -0.261. The van der Waals surface area contributed by atoms with Crippen molar-refractivity contribution in [3.05, 3.63) is 0 Å². The molecule has 1 N–H and O–H groups in total. The maximum atomic E-state index is 12.7. The minimum Gasteiger partial charge on any atom is -0.431 e. The van der Waals surface area contributed by atoms with Crippen molar-refractivity contribution >= 4 is 6.09 Å². The quantitative estimate of drug-likeness (QED) is 0.662. The van der Waals surface area contributed by atoms with Crippen LogP contribution in [0, 0.1) is 0 Å². The monoisotopic (exact) mass is 209 g/mol. The Balaban J connectivity index is 2.32. The van der Waals surface area contributed by atoms with Gasteiger partial charge in [-0.25, -0.2) is 4.79 Å². The zero-order valence-corrected chi connectivity index (χ0v) is 7.36. The first kappa shape index (κ1) is 9.61. The smallest absolute Gasteiger partial charge is 0.430 e. The lowest BCUT2D eigenvalue weighted by Crippen LogP contribution is -2.56. The molecule has 2 rings (SSSR count). The number of carbonyl (C=O) groups is 1. The molecule has 1 aliphatic carbocycles. The van der Waals surface area contributed by atoms with Crippen LogP contribution < -0.4 is 5.32 Å². The summed E-state index contributed by atoms with van der Waals surface area (Å²) in [5.74, 6) is 0. The van der Waals surface area contributed by atoms with Crippen LogP contribution in [0.4, 0.5) is 18.0 Å². The van der Waals surface area contributed by atoms with E-state index in [1.165, 1.54) is 0 Å². The van der Waals surface area contributed by atoms with Gasteiger partial charge in [0, 0.05) is 0 Å². The van der Waals surface area contributed by atoms with Gasteiger partial charge in [0.2, 0.25) is 5.60 Å². The lowest BCUT2D eigenvalue weighted by atomic mass is 9.80. The molecule has 0 spiro atoms. The van der Waals surface area contributed by atoms with E-state index in [2.05, 4.69) is 10.1 Å². The first-order valence-electron chi connectivity index (χ1n) is 4.52. The minimum absolute atomic E-state index is 0.125. The number of nitrogens with one attached hydrogen (secondary N) is 1. The number of amides is 1. The van der Waals surface area contributed by atoms with E-state index in [0.29, 0.717) is 19.3 Å². The molecular formula is C8H10F3NO2. The molecule has 6 heteroatoms. The van der Waals surface area contributed by atoms with Crippen molar-refractivity contribution in [2.24, 2.45) is 0 Å². The summed E-state index contributed by atoms with van der Waals surface area (Å²) in [4.78, 5) is 10.8. The number of ether oxygens (including phenoxy) is 1. The summed E-state index contributed by atoms with van der Waals surface area (Å²) in [6.07, 6.45) is -4.06. The Hall–Kier alpha value is -0.940. The Morgan fingerprint density at radius 3 is 2.71 bits per heavy atom.